The second-order valence-electron chi connectivity index (χ2n) is 11.4. The van der Waals surface area contributed by atoms with E-state index in [2.05, 4.69) is 28.5 Å². The molecule has 0 saturated carbocycles. The summed E-state index contributed by atoms with van der Waals surface area (Å²) < 4.78 is 41.5. The first kappa shape index (κ1) is 40.6. The fourth-order valence-electron chi connectivity index (χ4n) is 3.04. The zero-order valence-electron chi connectivity index (χ0n) is 25.8. The predicted octanol–water partition coefficient (Wildman–Crippen LogP) is 5.71. The summed E-state index contributed by atoms with van der Waals surface area (Å²) in [5.41, 5.74) is -1.45. The lowest BCUT2D eigenvalue weighted by atomic mass is 10.0. The van der Waals surface area contributed by atoms with Gasteiger partial charge in [0, 0.05) is 25.7 Å². The van der Waals surface area contributed by atoms with Gasteiger partial charge in [0.05, 0.1) is 7.11 Å². The van der Waals surface area contributed by atoms with Gasteiger partial charge in [-0.05, 0) is 67.2 Å². The fraction of sp³-hybridized carbons (Fsp3) is 0.690. The molecule has 11 nitrogen and oxygen atoms in total. The van der Waals surface area contributed by atoms with Crippen molar-refractivity contribution in [2.75, 3.05) is 7.11 Å². The number of rotatable bonds is 16. The van der Waals surface area contributed by atoms with Crippen LogP contribution >= 0.6 is 0 Å². The maximum absolute atomic E-state index is 13.5. The summed E-state index contributed by atoms with van der Waals surface area (Å²) in [4.78, 5) is 57.3. The van der Waals surface area contributed by atoms with E-state index in [0.717, 1.165) is 0 Å². The van der Waals surface area contributed by atoms with E-state index in [1.54, 1.807) is 47.6 Å². The lowest BCUT2D eigenvalue weighted by Gasteiger charge is -2.23. The second kappa shape index (κ2) is 19.6. The molecular weight excluding hydrogens is 558 g/mol. The van der Waals surface area contributed by atoms with Gasteiger partial charge in [-0.3, -0.25) is 4.79 Å². The summed E-state index contributed by atoms with van der Waals surface area (Å²) >= 11 is 0. The number of aliphatic carboxylic acids is 1. The van der Waals surface area contributed by atoms with Crippen LogP contribution in [-0.2, 0) is 28.6 Å². The Hall–Kier alpha value is -3.51. The molecule has 0 heterocycles. The highest BCUT2D eigenvalue weighted by atomic mass is 19.3. The van der Waals surface area contributed by atoms with Gasteiger partial charge in [-0.15, -0.1) is 13.2 Å². The van der Waals surface area contributed by atoms with Gasteiger partial charge in [0.1, 0.15) is 29.1 Å². The van der Waals surface area contributed by atoms with Crippen molar-refractivity contribution in [3.63, 3.8) is 0 Å². The first-order chi connectivity index (χ1) is 19.2. The third-order valence-electron chi connectivity index (χ3n) is 5.02. The molecule has 2 amide bonds. The number of Topliss-reactive ketones (excluding diaryl/α,β-unsaturated/α-hetero) is 1. The first-order valence-electron chi connectivity index (χ1n) is 13.6. The van der Waals surface area contributed by atoms with Gasteiger partial charge < -0.3 is 30.0 Å². The molecule has 0 bridgehead atoms. The third kappa shape index (κ3) is 23.2. The normalized spacial score (nSPS) is 12.8. The number of carboxylic acid groups (broad SMARTS) is 1. The van der Waals surface area contributed by atoms with Crippen molar-refractivity contribution in [2.45, 2.75) is 122 Å². The number of methoxy groups -OCH3 is 1. The highest BCUT2D eigenvalue weighted by Gasteiger charge is 2.32. The minimum Gasteiger partial charge on any atom is -0.480 e. The topological polar surface area (TPSA) is 157 Å². The van der Waals surface area contributed by atoms with Gasteiger partial charge in [0.15, 0.2) is 0 Å². The molecule has 42 heavy (non-hydrogen) atoms. The predicted molar refractivity (Wildman–Crippen MR) is 153 cm³/mol. The first-order valence-corrected chi connectivity index (χ1v) is 13.6. The van der Waals surface area contributed by atoms with E-state index in [9.17, 15) is 32.8 Å². The van der Waals surface area contributed by atoms with Crippen LogP contribution in [0.15, 0.2) is 25.3 Å². The molecular formula is C29H48F2N2O9. The molecule has 0 aromatic rings. The van der Waals surface area contributed by atoms with E-state index in [0.29, 0.717) is 12.8 Å². The van der Waals surface area contributed by atoms with Crippen LogP contribution in [0.4, 0.5) is 18.4 Å². The Labute approximate surface area is 247 Å². The molecule has 0 aromatic heterocycles. The Morgan fingerprint density at radius 2 is 1.26 bits per heavy atom. The molecule has 0 aliphatic rings. The average molecular weight is 607 g/mol. The second-order valence-corrected chi connectivity index (χ2v) is 11.4. The van der Waals surface area contributed by atoms with Gasteiger partial charge in [-0.2, -0.15) is 0 Å². The van der Waals surface area contributed by atoms with Crippen LogP contribution in [0.2, 0.25) is 0 Å². The van der Waals surface area contributed by atoms with Crippen LogP contribution in [0.5, 0.6) is 0 Å². The molecule has 0 unspecified atom stereocenters. The van der Waals surface area contributed by atoms with Gasteiger partial charge in [-0.1, -0.05) is 12.2 Å². The number of halogens is 2. The SMILES string of the molecule is C=CCCC(=O)CC[C@H](NC(=O)OC(C)(C)C)C(=O)OC.C=CCCC(F)(F)CC[C@H](NC(=O)OC(C)(C)C)C(=O)O. The summed E-state index contributed by atoms with van der Waals surface area (Å²) in [6.45, 7) is 16.9. The number of esters is 1. The number of carbonyl (C=O) groups is 5. The van der Waals surface area contributed by atoms with Gasteiger partial charge in [0.25, 0.3) is 0 Å². The van der Waals surface area contributed by atoms with Crippen LogP contribution in [0, 0.1) is 0 Å². The Morgan fingerprint density at radius 3 is 1.67 bits per heavy atom. The molecule has 3 N–H and O–H groups in total. The van der Waals surface area contributed by atoms with Crippen molar-refractivity contribution in [1.82, 2.24) is 10.6 Å². The number of ether oxygens (including phenoxy) is 3. The number of carboxylic acids is 1. The van der Waals surface area contributed by atoms with E-state index in [4.69, 9.17) is 14.6 Å². The molecule has 0 radical (unpaired) electrons. The quantitative estimate of drug-likeness (QED) is 0.114. The number of nitrogens with one attached hydrogen (secondary N) is 2. The molecule has 0 rings (SSSR count). The summed E-state index contributed by atoms with van der Waals surface area (Å²) in [6, 6.07) is -2.30. The van der Waals surface area contributed by atoms with E-state index >= 15 is 0 Å². The monoisotopic (exact) mass is 606 g/mol. The maximum Gasteiger partial charge on any atom is 0.408 e. The summed E-state index contributed by atoms with van der Waals surface area (Å²) in [6.07, 6.45) is 1.47. The molecule has 0 saturated heterocycles. The van der Waals surface area contributed by atoms with Crippen molar-refractivity contribution in [3.8, 4) is 0 Å². The molecule has 0 aromatic carbocycles. The molecule has 242 valence electrons. The number of hydrogen-bond acceptors (Lipinski definition) is 8. The van der Waals surface area contributed by atoms with Crippen LogP contribution in [-0.4, -0.2) is 71.3 Å². The lowest BCUT2D eigenvalue weighted by molar-refractivity contribution is -0.143. The number of alkyl halides is 2. The smallest absolute Gasteiger partial charge is 0.408 e. The van der Waals surface area contributed by atoms with Crippen molar-refractivity contribution in [2.24, 2.45) is 0 Å². The molecule has 0 fully saturated rings. The number of allylic oxidation sites excluding steroid dienone is 2. The summed E-state index contributed by atoms with van der Waals surface area (Å²) in [7, 11) is 1.23. The Balaban J connectivity index is 0. The van der Waals surface area contributed by atoms with Gasteiger partial charge in [0.2, 0.25) is 5.92 Å². The van der Waals surface area contributed by atoms with E-state index in [-0.39, 0.29) is 31.5 Å². The molecule has 0 aliphatic heterocycles. The summed E-state index contributed by atoms with van der Waals surface area (Å²) in [5, 5.41) is 13.5. The van der Waals surface area contributed by atoms with Crippen molar-refractivity contribution >= 4 is 29.9 Å². The molecule has 13 heteroatoms. The van der Waals surface area contributed by atoms with Crippen molar-refractivity contribution in [3.05, 3.63) is 25.3 Å². The highest BCUT2D eigenvalue weighted by molar-refractivity contribution is 5.83. The summed E-state index contributed by atoms with van der Waals surface area (Å²) in [5.74, 6) is -4.95. The highest BCUT2D eigenvalue weighted by Crippen LogP contribution is 2.27. The molecule has 2 atom stereocenters. The zero-order chi connectivity index (χ0) is 33.1. The molecule has 0 spiro atoms. The standard InChI is InChI=1S/C15H25NO5.C14H23F2NO4/c1-6-7-8-11(17)9-10-12(13(18)20-5)16-14(19)21-15(2,3)4;1-5-6-8-14(15,16)9-7-10(11(18)19)17-12(20)21-13(2,3)4/h6,12H,1,7-10H2,2-5H3,(H,16,19);5,10H,1,6-9H2,2-4H3,(H,17,20)(H,18,19)/t12-;10-/m00/s1. The lowest BCUT2D eigenvalue weighted by Crippen LogP contribution is -2.44. The van der Waals surface area contributed by atoms with E-state index in [1.807, 2.05) is 0 Å². The fourth-order valence-corrected chi connectivity index (χ4v) is 3.04. The Kier molecular flexibility index (Phi) is 18.9. The molecule has 0 aliphatic carbocycles. The van der Waals surface area contributed by atoms with Gasteiger partial charge in [-0.25, -0.2) is 28.0 Å². The third-order valence-corrected chi connectivity index (χ3v) is 5.02. The van der Waals surface area contributed by atoms with E-state index in [1.165, 1.54) is 13.2 Å². The van der Waals surface area contributed by atoms with Crippen LogP contribution in [0.25, 0.3) is 0 Å². The zero-order valence-corrected chi connectivity index (χ0v) is 25.8. The number of ketones is 1. The maximum atomic E-state index is 13.5. The van der Waals surface area contributed by atoms with Crippen molar-refractivity contribution < 1.29 is 52.1 Å². The largest absolute Gasteiger partial charge is 0.480 e. The number of amides is 2. The minimum absolute atomic E-state index is 0.00907. The number of alkyl carbamates (subject to hydrolysis) is 2. The van der Waals surface area contributed by atoms with E-state index < -0.39 is 66.2 Å². The Morgan fingerprint density at radius 1 is 0.786 bits per heavy atom. The number of carbonyl (C=O) groups excluding carboxylic acids is 4. The number of hydrogen-bond donors (Lipinski definition) is 3. The minimum atomic E-state index is -2.99. The Bertz CT molecular complexity index is 910. The van der Waals surface area contributed by atoms with Crippen LogP contribution in [0.1, 0.15) is 92.9 Å². The average Bonchev–Trinajstić information content (AvgIpc) is 2.84. The van der Waals surface area contributed by atoms with Crippen LogP contribution < -0.4 is 10.6 Å². The van der Waals surface area contributed by atoms with Crippen LogP contribution in [0.3, 0.4) is 0 Å². The van der Waals surface area contributed by atoms with Crippen molar-refractivity contribution in [1.29, 1.82) is 0 Å². The van der Waals surface area contributed by atoms with Gasteiger partial charge >= 0.3 is 24.1 Å².